The highest BCUT2D eigenvalue weighted by molar-refractivity contribution is 5.28. The summed E-state index contributed by atoms with van der Waals surface area (Å²) in [6.45, 7) is 2.23. The minimum Gasteiger partial charge on any atom is -0.474 e. The molecule has 1 aliphatic rings. The van der Waals surface area contributed by atoms with E-state index in [9.17, 15) is 0 Å². The Morgan fingerprint density at radius 3 is 2.81 bits per heavy atom. The van der Waals surface area contributed by atoms with Crippen LogP contribution in [-0.2, 0) is 0 Å². The van der Waals surface area contributed by atoms with Crippen molar-refractivity contribution in [1.29, 1.82) is 5.26 Å². The van der Waals surface area contributed by atoms with Gasteiger partial charge in [-0.1, -0.05) is 13.3 Å². The molecule has 1 heterocycles. The Morgan fingerprint density at radius 2 is 2.19 bits per heavy atom. The Morgan fingerprint density at radius 1 is 1.38 bits per heavy atom. The maximum Gasteiger partial charge on any atom is 0.213 e. The van der Waals surface area contributed by atoms with Gasteiger partial charge in [-0.3, -0.25) is 0 Å². The molecule has 3 nitrogen and oxygen atoms in total. The topological polar surface area (TPSA) is 45.9 Å². The third-order valence-electron chi connectivity index (χ3n) is 3.17. The maximum atomic E-state index is 8.66. The fourth-order valence-corrected chi connectivity index (χ4v) is 2.13. The Bertz CT molecular complexity index is 380. The minimum absolute atomic E-state index is 0.286. The lowest BCUT2D eigenvalue weighted by atomic mass is 9.88. The molecule has 1 aromatic rings. The van der Waals surface area contributed by atoms with Gasteiger partial charge in [0.15, 0.2) is 0 Å². The molecule has 1 aliphatic carbocycles. The molecular weight excluding hydrogens is 200 g/mol. The number of nitrogens with zero attached hydrogens (tertiary/aromatic N) is 2. The van der Waals surface area contributed by atoms with Crippen molar-refractivity contribution in [3.05, 3.63) is 23.9 Å². The van der Waals surface area contributed by atoms with E-state index < -0.39 is 0 Å². The van der Waals surface area contributed by atoms with Gasteiger partial charge in [0.25, 0.3) is 0 Å². The van der Waals surface area contributed by atoms with Gasteiger partial charge in [0.1, 0.15) is 12.2 Å². The lowest BCUT2D eigenvalue weighted by Gasteiger charge is -2.28. The molecule has 16 heavy (non-hydrogen) atoms. The van der Waals surface area contributed by atoms with Crippen molar-refractivity contribution >= 4 is 0 Å². The van der Waals surface area contributed by atoms with E-state index in [4.69, 9.17) is 10.00 Å². The molecular formula is C13H16N2O. The monoisotopic (exact) mass is 216 g/mol. The summed E-state index contributed by atoms with van der Waals surface area (Å²) >= 11 is 0. The lowest BCUT2D eigenvalue weighted by Crippen LogP contribution is -2.28. The second-order valence-corrected chi connectivity index (χ2v) is 4.41. The van der Waals surface area contributed by atoms with Crippen LogP contribution in [0, 0.1) is 17.2 Å². The van der Waals surface area contributed by atoms with Gasteiger partial charge in [-0.25, -0.2) is 4.98 Å². The summed E-state index contributed by atoms with van der Waals surface area (Å²) in [4.78, 5) is 4.13. The van der Waals surface area contributed by atoms with Crippen molar-refractivity contribution in [3.63, 3.8) is 0 Å². The van der Waals surface area contributed by atoms with Crippen molar-refractivity contribution in [2.24, 2.45) is 5.92 Å². The van der Waals surface area contributed by atoms with Crippen molar-refractivity contribution in [2.45, 2.75) is 38.7 Å². The number of nitriles is 1. The number of hydrogen-bond donors (Lipinski definition) is 0. The van der Waals surface area contributed by atoms with Crippen LogP contribution in [0.5, 0.6) is 5.88 Å². The van der Waals surface area contributed by atoms with Crippen molar-refractivity contribution in [2.75, 3.05) is 0 Å². The number of hydrogen-bond acceptors (Lipinski definition) is 3. The molecule has 0 saturated heterocycles. The highest BCUT2D eigenvalue weighted by atomic mass is 16.5. The van der Waals surface area contributed by atoms with Crippen LogP contribution in [-0.4, -0.2) is 11.1 Å². The summed E-state index contributed by atoms with van der Waals surface area (Å²) in [5, 5.41) is 8.66. The SMILES string of the molecule is CC1CCCCC1Oc1ccc(C#N)cn1. The van der Waals surface area contributed by atoms with Crippen LogP contribution in [0.4, 0.5) is 0 Å². The van der Waals surface area contributed by atoms with Gasteiger partial charge >= 0.3 is 0 Å². The highest BCUT2D eigenvalue weighted by Crippen LogP contribution is 2.27. The van der Waals surface area contributed by atoms with Gasteiger partial charge in [-0.2, -0.15) is 5.26 Å². The zero-order valence-corrected chi connectivity index (χ0v) is 9.52. The largest absolute Gasteiger partial charge is 0.474 e. The summed E-state index contributed by atoms with van der Waals surface area (Å²) in [5.74, 6) is 1.24. The van der Waals surface area contributed by atoms with Gasteiger partial charge in [-0.05, 0) is 31.2 Å². The molecule has 84 valence electrons. The van der Waals surface area contributed by atoms with Crippen LogP contribution < -0.4 is 4.74 Å². The van der Waals surface area contributed by atoms with E-state index in [1.54, 1.807) is 18.3 Å². The first kappa shape index (κ1) is 10.9. The predicted molar refractivity (Wildman–Crippen MR) is 61.0 cm³/mol. The van der Waals surface area contributed by atoms with Crippen molar-refractivity contribution in [1.82, 2.24) is 4.98 Å². The molecule has 1 saturated carbocycles. The Kier molecular flexibility index (Phi) is 3.40. The molecule has 0 spiro atoms. The molecule has 2 atom stereocenters. The molecule has 0 bridgehead atoms. The van der Waals surface area contributed by atoms with E-state index in [0.29, 0.717) is 17.4 Å². The summed E-state index contributed by atoms with van der Waals surface area (Å²) in [7, 11) is 0. The number of rotatable bonds is 2. The fourth-order valence-electron chi connectivity index (χ4n) is 2.13. The highest BCUT2D eigenvalue weighted by Gasteiger charge is 2.23. The standard InChI is InChI=1S/C13H16N2O/c1-10-4-2-3-5-12(10)16-13-7-6-11(8-14)9-15-13/h6-7,9-10,12H,2-5H2,1H3. The van der Waals surface area contributed by atoms with Crippen LogP contribution in [0.3, 0.4) is 0 Å². The average Bonchev–Trinajstić information content (AvgIpc) is 2.33. The van der Waals surface area contributed by atoms with Crippen LogP contribution >= 0.6 is 0 Å². The molecule has 1 fully saturated rings. The van der Waals surface area contributed by atoms with E-state index >= 15 is 0 Å². The van der Waals surface area contributed by atoms with E-state index in [-0.39, 0.29) is 6.10 Å². The molecule has 0 aliphatic heterocycles. The van der Waals surface area contributed by atoms with Crippen molar-refractivity contribution in [3.8, 4) is 11.9 Å². The average molecular weight is 216 g/mol. The number of ether oxygens (including phenoxy) is 1. The van der Waals surface area contributed by atoms with Gasteiger partial charge < -0.3 is 4.74 Å². The zero-order valence-electron chi connectivity index (χ0n) is 9.52. The third-order valence-corrected chi connectivity index (χ3v) is 3.17. The zero-order chi connectivity index (χ0) is 11.4. The molecule has 0 N–H and O–H groups in total. The lowest BCUT2D eigenvalue weighted by molar-refractivity contribution is 0.0976. The second-order valence-electron chi connectivity index (χ2n) is 4.41. The van der Waals surface area contributed by atoms with Crippen LogP contribution in [0.1, 0.15) is 38.2 Å². The smallest absolute Gasteiger partial charge is 0.213 e. The van der Waals surface area contributed by atoms with E-state index in [2.05, 4.69) is 11.9 Å². The molecule has 3 heteroatoms. The Hall–Kier alpha value is -1.56. The minimum atomic E-state index is 0.286. The summed E-state index contributed by atoms with van der Waals surface area (Å²) < 4.78 is 5.85. The van der Waals surface area contributed by atoms with E-state index in [1.807, 2.05) is 6.07 Å². The Labute approximate surface area is 96.1 Å². The molecule has 0 amide bonds. The van der Waals surface area contributed by atoms with Crippen LogP contribution in [0.25, 0.3) is 0 Å². The maximum absolute atomic E-state index is 8.66. The number of aromatic nitrogens is 1. The first-order chi connectivity index (χ1) is 7.79. The Balaban J connectivity index is 2.00. The summed E-state index contributed by atoms with van der Waals surface area (Å²) in [6, 6.07) is 5.57. The predicted octanol–water partition coefficient (Wildman–Crippen LogP) is 2.91. The first-order valence-electron chi connectivity index (χ1n) is 5.82. The fraction of sp³-hybridized carbons (Fsp3) is 0.538. The molecule has 0 radical (unpaired) electrons. The molecule has 2 unspecified atom stereocenters. The first-order valence-corrected chi connectivity index (χ1v) is 5.82. The molecule has 0 aromatic carbocycles. The normalized spacial score (nSPS) is 24.8. The van der Waals surface area contributed by atoms with Crippen LogP contribution in [0.15, 0.2) is 18.3 Å². The number of pyridine rings is 1. The van der Waals surface area contributed by atoms with Gasteiger partial charge in [0.2, 0.25) is 5.88 Å². The third kappa shape index (κ3) is 2.52. The van der Waals surface area contributed by atoms with Crippen molar-refractivity contribution < 1.29 is 4.74 Å². The summed E-state index contributed by atoms with van der Waals surface area (Å²) in [5.41, 5.74) is 0.573. The van der Waals surface area contributed by atoms with Crippen LogP contribution in [0.2, 0.25) is 0 Å². The van der Waals surface area contributed by atoms with Gasteiger partial charge in [0, 0.05) is 12.3 Å². The second kappa shape index (κ2) is 4.98. The van der Waals surface area contributed by atoms with Gasteiger partial charge in [0.05, 0.1) is 5.56 Å². The molecule has 2 rings (SSSR count). The van der Waals surface area contributed by atoms with Gasteiger partial charge in [-0.15, -0.1) is 0 Å². The van der Waals surface area contributed by atoms with E-state index in [1.165, 1.54) is 19.3 Å². The molecule has 1 aromatic heterocycles. The quantitative estimate of drug-likeness (QED) is 0.763. The van der Waals surface area contributed by atoms with E-state index in [0.717, 1.165) is 6.42 Å². The summed E-state index contributed by atoms with van der Waals surface area (Å²) in [6.07, 6.45) is 6.74.